The number of rotatable bonds is 8. The molecule has 22 heavy (non-hydrogen) atoms. The monoisotopic (exact) mass is 328 g/mol. The smallest absolute Gasteiger partial charge is 0.303 e. The fourth-order valence-corrected chi connectivity index (χ4v) is 2.90. The van der Waals surface area contributed by atoms with Crippen molar-refractivity contribution in [1.82, 2.24) is 9.21 Å². The summed E-state index contributed by atoms with van der Waals surface area (Å²) in [6, 6.07) is 7.86. The summed E-state index contributed by atoms with van der Waals surface area (Å²) in [5.74, 6) is -1.31. The molecule has 8 heteroatoms. The van der Waals surface area contributed by atoms with Crippen LogP contribution < -0.4 is 0 Å². The van der Waals surface area contributed by atoms with Gasteiger partial charge in [-0.05, 0) is 18.6 Å². The van der Waals surface area contributed by atoms with Crippen LogP contribution in [0.3, 0.4) is 0 Å². The van der Waals surface area contributed by atoms with Crippen molar-refractivity contribution < 1.29 is 23.1 Å². The molecule has 1 rings (SSSR count). The third kappa shape index (κ3) is 5.12. The Balaban J connectivity index is 2.62. The van der Waals surface area contributed by atoms with Gasteiger partial charge in [-0.1, -0.05) is 18.2 Å². The highest BCUT2D eigenvalue weighted by Gasteiger charge is 2.23. The Morgan fingerprint density at radius 3 is 2.27 bits per heavy atom. The molecule has 0 fully saturated rings. The van der Waals surface area contributed by atoms with Gasteiger partial charge in [-0.25, -0.2) is 8.42 Å². The Morgan fingerprint density at radius 1 is 1.14 bits per heavy atom. The number of carboxylic acid groups (broad SMARTS) is 1. The Morgan fingerprint density at radius 2 is 1.73 bits per heavy atom. The fraction of sp³-hybridized carbons (Fsp3) is 0.429. The van der Waals surface area contributed by atoms with Gasteiger partial charge in [0.1, 0.15) is 0 Å². The molecule has 0 heterocycles. The van der Waals surface area contributed by atoms with E-state index in [4.69, 9.17) is 5.11 Å². The molecule has 1 aromatic rings. The number of nitrogens with zero attached hydrogens (tertiary/aromatic N) is 2. The number of carboxylic acids is 1. The van der Waals surface area contributed by atoms with Gasteiger partial charge >= 0.3 is 5.97 Å². The number of carbonyl (C=O) groups excluding carboxylic acids is 1. The Kier molecular flexibility index (Phi) is 6.51. The van der Waals surface area contributed by atoms with Gasteiger partial charge in [-0.3, -0.25) is 9.59 Å². The van der Waals surface area contributed by atoms with E-state index in [0.717, 1.165) is 4.31 Å². The molecule has 0 aliphatic rings. The maximum atomic E-state index is 12.3. The minimum Gasteiger partial charge on any atom is -0.481 e. The number of likely N-dealkylation sites (N-methyl/N-ethyl adjacent to an activating group) is 2. The minimum atomic E-state index is -3.71. The number of amides is 1. The number of carbonyl (C=O) groups is 2. The molecule has 0 aliphatic carbocycles. The van der Waals surface area contributed by atoms with Crippen LogP contribution in [0.4, 0.5) is 0 Å². The van der Waals surface area contributed by atoms with Crippen LogP contribution in [0, 0.1) is 0 Å². The summed E-state index contributed by atoms with van der Waals surface area (Å²) < 4.78 is 25.5. The van der Waals surface area contributed by atoms with Crippen molar-refractivity contribution in [3.63, 3.8) is 0 Å². The molecule has 1 N–H and O–H groups in total. The van der Waals surface area contributed by atoms with E-state index in [0.29, 0.717) is 6.42 Å². The predicted molar refractivity (Wildman–Crippen MR) is 80.8 cm³/mol. The first-order chi connectivity index (χ1) is 10.2. The first-order valence-corrected chi connectivity index (χ1v) is 8.16. The van der Waals surface area contributed by atoms with Crippen LogP contribution in [0.15, 0.2) is 35.2 Å². The molecule has 0 saturated carbocycles. The standard InChI is InChI=1S/C14H20N2O5S/c1-15(10-6-9-14(18)19)13(17)11-16(2)22(20,21)12-7-4-3-5-8-12/h3-5,7-8H,6,9-11H2,1-2H3,(H,18,19). The van der Waals surface area contributed by atoms with E-state index in [-0.39, 0.29) is 30.3 Å². The van der Waals surface area contributed by atoms with Crippen LogP contribution in [0.2, 0.25) is 0 Å². The van der Waals surface area contributed by atoms with E-state index in [9.17, 15) is 18.0 Å². The summed E-state index contributed by atoms with van der Waals surface area (Å²) >= 11 is 0. The quantitative estimate of drug-likeness (QED) is 0.755. The van der Waals surface area contributed by atoms with Gasteiger partial charge in [0.15, 0.2) is 0 Å². The predicted octanol–water partition coefficient (Wildman–Crippen LogP) is 0.630. The lowest BCUT2D eigenvalue weighted by atomic mass is 10.3. The van der Waals surface area contributed by atoms with E-state index in [1.807, 2.05) is 0 Å². The second kappa shape index (κ2) is 7.90. The molecule has 1 amide bonds. The maximum Gasteiger partial charge on any atom is 0.303 e. The van der Waals surface area contributed by atoms with Crippen molar-refractivity contribution in [2.24, 2.45) is 0 Å². The van der Waals surface area contributed by atoms with Crippen LogP contribution in [0.1, 0.15) is 12.8 Å². The first kappa shape index (κ1) is 18.1. The van der Waals surface area contributed by atoms with Gasteiger partial charge in [0.25, 0.3) is 0 Å². The van der Waals surface area contributed by atoms with E-state index < -0.39 is 16.0 Å². The number of hydrogen-bond acceptors (Lipinski definition) is 4. The SMILES string of the molecule is CN(CCCC(=O)O)C(=O)CN(C)S(=O)(=O)c1ccccc1. The van der Waals surface area contributed by atoms with Gasteiger partial charge in [0, 0.05) is 27.1 Å². The lowest BCUT2D eigenvalue weighted by Gasteiger charge is -2.21. The highest BCUT2D eigenvalue weighted by molar-refractivity contribution is 7.89. The van der Waals surface area contributed by atoms with Gasteiger partial charge in [0.05, 0.1) is 11.4 Å². The number of hydrogen-bond donors (Lipinski definition) is 1. The van der Waals surface area contributed by atoms with Crippen molar-refractivity contribution in [3.05, 3.63) is 30.3 Å². The van der Waals surface area contributed by atoms with Gasteiger partial charge in [0.2, 0.25) is 15.9 Å². The third-order valence-electron chi connectivity index (χ3n) is 3.12. The maximum absolute atomic E-state index is 12.3. The zero-order chi connectivity index (χ0) is 16.8. The third-order valence-corrected chi connectivity index (χ3v) is 4.94. The van der Waals surface area contributed by atoms with Crippen LogP contribution in [0.25, 0.3) is 0 Å². The topological polar surface area (TPSA) is 95.0 Å². The van der Waals surface area contributed by atoms with E-state index in [1.54, 1.807) is 18.2 Å². The van der Waals surface area contributed by atoms with Crippen molar-refractivity contribution in [3.8, 4) is 0 Å². The molecule has 0 radical (unpaired) electrons. The molecular weight excluding hydrogens is 308 g/mol. The number of aliphatic carboxylic acids is 1. The Labute approximate surface area is 130 Å². The van der Waals surface area contributed by atoms with Crippen molar-refractivity contribution in [2.75, 3.05) is 27.2 Å². The average Bonchev–Trinajstić information content (AvgIpc) is 2.47. The second-order valence-electron chi connectivity index (χ2n) is 4.89. The average molecular weight is 328 g/mol. The molecule has 0 aliphatic heterocycles. The summed E-state index contributed by atoms with van der Waals surface area (Å²) in [5.41, 5.74) is 0. The fourth-order valence-electron chi connectivity index (χ4n) is 1.76. The molecule has 0 atom stereocenters. The van der Waals surface area contributed by atoms with Crippen LogP contribution in [-0.4, -0.2) is 61.8 Å². The van der Waals surface area contributed by atoms with Gasteiger partial charge in [-0.2, -0.15) is 4.31 Å². The molecule has 0 saturated heterocycles. The van der Waals surface area contributed by atoms with Crippen LogP contribution in [0.5, 0.6) is 0 Å². The lowest BCUT2D eigenvalue weighted by molar-refractivity contribution is -0.138. The molecule has 0 spiro atoms. The van der Waals surface area contributed by atoms with Gasteiger partial charge in [-0.15, -0.1) is 0 Å². The Bertz CT molecular complexity index is 615. The summed E-state index contributed by atoms with van der Waals surface area (Å²) in [5, 5.41) is 8.55. The highest BCUT2D eigenvalue weighted by atomic mass is 32.2. The largest absolute Gasteiger partial charge is 0.481 e. The molecular formula is C14H20N2O5S. The van der Waals surface area contributed by atoms with Crippen molar-refractivity contribution in [1.29, 1.82) is 0 Å². The number of sulfonamides is 1. The van der Waals surface area contributed by atoms with Crippen LogP contribution in [-0.2, 0) is 19.6 Å². The van der Waals surface area contributed by atoms with Crippen molar-refractivity contribution >= 4 is 21.9 Å². The second-order valence-corrected chi connectivity index (χ2v) is 6.93. The van der Waals surface area contributed by atoms with E-state index in [1.165, 1.54) is 31.1 Å². The first-order valence-electron chi connectivity index (χ1n) is 6.72. The van der Waals surface area contributed by atoms with Crippen LogP contribution >= 0.6 is 0 Å². The summed E-state index contributed by atoms with van der Waals surface area (Å²) in [6.45, 7) is -0.0227. The number of benzene rings is 1. The van der Waals surface area contributed by atoms with Crippen molar-refractivity contribution in [2.45, 2.75) is 17.7 Å². The Hall–Kier alpha value is -1.93. The van der Waals surface area contributed by atoms with Gasteiger partial charge < -0.3 is 10.0 Å². The molecule has 0 unspecified atom stereocenters. The summed E-state index contributed by atoms with van der Waals surface area (Å²) in [4.78, 5) is 23.9. The molecule has 0 bridgehead atoms. The molecule has 1 aromatic carbocycles. The molecule has 0 aromatic heterocycles. The van der Waals surface area contributed by atoms with E-state index in [2.05, 4.69) is 0 Å². The summed E-state index contributed by atoms with van der Waals surface area (Å²) in [7, 11) is -0.850. The van der Waals surface area contributed by atoms with E-state index >= 15 is 0 Å². The highest BCUT2D eigenvalue weighted by Crippen LogP contribution is 2.13. The lowest BCUT2D eigenvalue weighted by Crippen LogP contribution is -2.39. The molecule has 122 valence electrons. The molecule has 7 nitrogen and oxygen atoms in total. The normalized spacial score (nSPS) is 11.4. The minimum absolute atomic E-state index is 0.0320. The zero-order valence-corrected chi connectivity index (χ0v) is 13.4. The zero-order valence-electron chi connectivity index (χ0n) is 12.6. The summed E-state index contributed by atoms with van der Waals surface area (Å²) in [6.07, 6.45) is 0.294.